The number of fused-ring (bicyclic) bond motifs is 20. The number of aryl methyl sites for hydroxylation is 4. The van der Waals surface area contributed by atoms with Crippen LogP contribution in [0, 0.1) is 27.7 Å². The Morgan fingerprint density at radius 3 is 0.862 bits per heavy atom. The molecule has 8 aromatic rings. The number of carbonyl (C=O) groups excluding carboxylic acids is 9. The van der Waals surface area contributed by atoms with E-state index in [2.05, 4.69) is 49.1 Å². The van der Waals surface area contributed by atoms with Gasteiger partial charge in [-0.1, -0.05) is 30.8 Å². The Hall–Kier alpha value is -12.2. The lowest BCUT2D eigenvalue weighted by atomic mass is 10.0. The first-order valence-corrected chi connectivity index (χ1v) is 29.2. The van der Waals surface area contributed by atoms with E-state index in [4.69, 9.17) is 23.7 Å². The summed E-state index contributed by atoms with van der Waals surface area (Å²) in [6.07, 6.45) is 0.931. The van der Waals surface area contributed by atoms with E-state index in [1.807, 2.05) is 0 Å². The second-order valence-corrected chi connectivity index (χ2v) is 22.1. The first kappa shape index (κ1) is 64.8. The molecular formula is C70H62N8O16. The number of phenols is 2. The van der Waals surface area contributed by atoms with E-state index in [0.717, 1.165) is 6.08 Å². The highest BCUT2D eigenvalue weighted by atomic mass is 16.7. The Morgan fingerprint density at radius 1 is 0.404 bits per heavy atom. The van der Waals surface area contributed by atoms with Crippen LogP contribution in [-0.4, -0.2) is 102 Å². The summed E-state index contributed by atoms with van der Waals surface area (Å²) >= 11 is 0. The first-order valence-electron chi connectivity index (χ1n) is 29.2. The van der Waals surface area contributed by atoms with Crippen molar-refractivity contribution in [1.29, 1.82) is 0 Å². The zero-order chi connectivity index (χ0) is 67.0. The maximum Gasteiger partial charge on any atom is 0.330 e. The Bertz CT molecular complexity index is 3950. The SMILES string of the molecule is C=CC(=O)OCC1(C)OCCOc2c3cc(C)cc2C(=O)Nc2cccc(c2)NC(=O)c2cc(C)cc(c2O)C(=O)Nc2cccc(c2)NC(=O)c2cc(C)cc(c2OCCO1)C(=O)Nc1cccc(c1)NC(=O)c1cc(C)cc(c1O)C(=O)Nc1cccc(c1)NC3=O. The molecule has 14 bridgehead atoms. The highest BCUT2D eigenvalue weighted by molar-refractivity contribution is 6.17. The predicted octanol–water partition coefficient (Wildman–Crippen LogP) is 10.9. The van der Waals surface area contributed by atoms with Crippen LogP contribution in [0.15, 0.2) is 158 Å². The lowest BCUT2D eigenvalue weighted by Gasteiger charge is -2.29. The molecule has 2 heterocycles. The molecule has 8 amide bonds. The summed E-state index contributed by atoms with van der Waals surface area (Å²) in [4.78, 5) is 127. The maximum atomic E-state index is 14.7. The lowest BCUT2D eigenvalue weighted by Crippen LogP contribution is -2.40. The van der Waals surface area contributed by atoms with E-state index in [1.54, 1.807) is 27.7 Å². The van der Waals surface area contributed by atoms with Gasteiger partial charge >= 0.3 is 5.97 Å². The number of hydrogen-bond acceptors (Lipinski definition) is 16. The number of nitrogens with one attached hydrogen (secondary N) is 8. The number of amides is 8. The second-order valence-electron chi connectivity index (χ2n) is 22.1. The lowest BCUT2D eigenvalue weighted by molar-refractivity contribution is -0.251. The van der Waals surface area contributed by atoms with Crippen molar-refractivity contribution in [3.05, 3.63) is 225 Å². The molecule has 2 aliphatic rings. The van der Waals surface area contributed by atoms with Crippen molar-refractivity contribution < 1.29 is 77.0 Å². The number of hydrogen-bond donors (Lipinski definition) is 10. The zero-order valence-electron chi connectivity index (χ0n) is 51.3. The molecule has 478 valence electrons. The summed E-state index contributed by atoms with van der Waals surface area (Å²) < 4.78 is 30.5. The Morgan fingerprint density at radius 2 is 0.628 bits per heavy atom. The van der Waals surface area contributed by atoms with Crippen LogP contribution in [0.1, 0.15) is 112 Å². The summed E-state index contributed by atoms with van der Waals surface area (Å²) in [6.45, 7) is 9.39. The molecule has 8 aromatic carbocycles. The standard InChI is InChI=1S/C70H62N8O16/c1-7-57(79)92-36-70(6)93-22-20-90-60-53-28-39(4)30-55(60)68(88)77-47-18-10-14-43(34-47)73-64(84)51-26-38(3)27-52(59(51)81)65(85)74-44-15-11-19-48(35-44)78-69(89)56-31-40(5)29-54(61(56)91-21-23-94-70)67(87)76-46-17-9-13-42(33-46)72-63(83)50-25-37(2)24-49(58(50)80)62(82)71-41-12-8-16-45(32-41)75-66(53)86/h7-19,24-35,80-81H,1,20-23,36H2,2-6H3,(H,71,82)(H,72,83)(H,73,84)(H,74,85)(H,75,86)(H,76,87)(H,77,88)(H,78,89). The van der Waals surface area contributed by atoms with E-state index in [9.17, 15) is 53.4 Å². The van der Waals surface area contributed by atoms with Crippen LogP contribution in [0.3, 0.4) is 0 Å². The van der Waals surface area contributed by atoms with Gasteiger partial charge < -0.3 is 76.4 Å². The fourth-order valence-corrected chi connectivity index (χ4v) is 10.3. The van der Waals surface area contributed by atoms with Gasteiger partial charge in [0, 0.05) is 51.6 Å². The van der Waals surface area contributed by atoms with Gasteiger partial charge in [0.1, 0.15) is 42.8 Å². The Balaban J connectivity index is 1.10. The van der Waals surface area contributed by atoms with Crippen molar-refractivity contribution in [3.63, 3.8) is 0 Å². The number of rotatable bonds is 3. The molecule has 0 spiro atoms. The molecule has 0 atom stereocenters. The third-order valence-electron chi connectivity index (χ3n) is 14.6. The molecule has 2 aliphatic heterocycles. The average molecular weight is 1270 g/mol. The molecule has 24 heteroatoms. The third kappa shape index (κ3) is 15.3. The quantitative estimate of drug-likeness (QED) is 0.0580. The molecule has 0 aliphatic carbocycles. The molecule has 0 saturated carbocycles. The Labute approximate surface area is 537 Å². The average Bonchev–Trinajstić information content (AvgIpc) is 0.836. The van der Waals surface area contributed by atoms with Gasteiger partial charge in [-0.05, 0) is 178 Å². The van der Waals surface area contributed by atoms with E-state index in [-0.39, 0.29) is 115 Å². The van der Waals surface area contributed by atoms with Crippen molar-refractivity contribution in [3.8, 4) is 23.0 Å². The fourth-order valence-electron chi connectivity index (χ4n) is 10.3. The molecule has 0 fully saturated rings. The molecule has 0 unspecified atom stereocenters. The molecule has 94 heavy (non-hydrogen) atoms. The van der Waals surface area contributed by atoms with Gasteiger partial charge in [-0.25, -0.2) is 4.79 Å². The minimum atomic E-state index is -1.80. The van der Waals surface area contributed by atoms with Crippen LogP contribution in [0.5, 0.6) is 23.0 Å². The van der Waals surface area contributed by atoms with Gasteiger partial charge in [-0.15, -0.1) is 0 Å². The molecule has 0 aromatic heterocycles. The largest absolute Gasteiger partial charge is 0.506 e. The number of esters is 1. The highest BCUT2D eigenvalue weighted by Crippen LogP contribution is 2.35. The predicted molar refractivity (Wildman–Crippen MR) is 350 cm³/mol. The first-order chi connectivity index (χ1) is 45.0. The topological polar surface area (TPSA) is 336 Å². The molecule has 0 radical (unpaired) electrons. The van der Waals surface area contributed by atoms with Crippen molar-refractivity contribution in [2.24, 2.45) is 0 Å². The number of anilines is 8. The van der Waals surface area contributed by atoms with E-state index < -0.39 is 90.3 Å². The van der Waals surface area contributed by atoms with E-state index in [1.165, 1.54) is 153 Å². The fraction of sp³-hybridized carbons (Fsp3) is 0.157. The van der Waals surface area contributed by atoms with Crippen LogP contribution in [0.25, 0.3) is 0 Å². The minimum Gasteiger partial charge on any atom is -0.506 e. The van der Waals surface area contributed by atoms with Crippen LogP contribution in [0.2, 0.25) is 0 Å². The normalized spacial score (nSPS) is 14.9. The number of phenolic OH excluding ortho intramolecular Hbond substituents is 2. The van der Waals surface area contributed by atoms with Crippen molar-refractivity contribution in [1.82, 2.24) is 0 Å². The smallest absolute Gasteiger partial charge is 0.330 e. The summed E-state index contributed by atoms with van der Waals surface area (Å²) in [7, 11) is 0. The van der Waals surface area contributed by atoms with Gasteiger partial charge in [-0.3, -0.25) is 38.4 Å². The van der Waals surface area contributed by atoms with Crippen molar-refractivity contribution in [2.45, 2.75) is 40.4 Å². The summed E-state index contributed by atoms with van der Waals surface area (Å²) in [5.74, 6) is -10.9. The van der Waals surface area contributed by atoms with Gasteiger partial charge in [0.15, 0.2) is 5.79 Å². The van der Waals surface area contributed by atoms with Crippen LogP contribution in [0.4, 0.5) is 45.5 Å². The molecule has 10 rings (SSSR count). The van der Waals surface area contributed by atoms with Crippen LogP contribution in [-0.2, 0) is 19.0 Å². The van der Waals surface area contributed by atoms with Crippen molar-refractivity contribution >= 4 is 98.7 Å². The van der Waals surface area contributed by atoms with E-state index >= 15 is 0 Å². The zero-order valence-corrected chi connectivity index (χ0v) is 51.3. The Kier molecular flexibility index (Phi) is 19.3. The van der Waals surface area contributed by atoms with Gasteiger partial charge in [-0.2, -0.15) is 0 Å². The monoisotopic (exact) mass is 1270 g/mol. The number of carbonyl (C=O) groups is 9. The second kappa shape index (κ2) is 27.9. The summed E-state index contributed by atoms with van der Waals surface area (Å²) in [5, 5.41) is 45.1. The molecule has 0 saturated heterocycles. The number of ether oxygens (including phenoxy) is 5. The maximum absolute atomic E-state index is 14.7. The van der Waals surface area contributed by atoms with Crippen LogP contribution >= 0.6 is 0 Å². The van der Waals surface area contributed by atoms with Gasteiger partial charge in [0.2, 0.25) is 0 Å². The number of aromatic hydroxyl groups is 2. The molecular weight excluding hydrogens is 1210 g/mol. The van der Waals surface area contributed by atoms with Crippen LogP contribution < -0.4 is 52.0 Å². The van der Waals surface area contributed by atoms with E-state index in [0.29, 0.717) is 22.3 Å². The van der Waals surface area contributed by atoms with Crippen molar-refractivity contribution in [2.75, 3.05) is 75.6 Å². The summed E-state index contributed by atoms with van der Waals surface area (Å²) in [6, 6.07) is 35.5. The highest BCUT2D eigenvalue weighted by Gasteiger charge is 2.31. The third-order valence-corrected chi connectivity index (χ3v) is 14.6. The molecule has 24 nitrogen and oxygen atoms in total. The van der Waals surface area contributed by atoms with Gasteiger partial charge in [0.05, 0.1) is 57.7 Å². The van der Waals surface area contributed by atoms with Gasteiger partial charge in [0.25, 0.3) is 47.3 Å². The number of benzene rings is 8. The minimum absolute atomic E-state index is 0.152. The summed E-state index contributed by atoms with van der Waals surface area (Å²) in [5.41, 5.74) is 1.25. The molecule has 10 N–H and O–H groups in total.